The monoisotopic (exact) mass is 264 g/mol. The van der Waals surface area contributed by atoms with E-state index in [0.29, 0.717) is 12.8 Å². The average molecular weight is 264 g/mol. The van der Waals surface area contributed by atoms with E-state index in [1.54, 1.807) is 0 Å². The molecule has 1 saturated heterocycles. The van der Waals surface area contributed by atoms with Gasteiger partial charge in [0, 0.05) is 0 Å². The van der Waals surface area contributed by atoms with Gasteiger partial charge in [0.05, 0.1) is 0 Å². The molecule has 1 aromatic rings. The van der Waals surface area contributed by atoms with Crippen LogP contribution < -0.4 is 0 Å². The van der Waals surface area contributed by atoms with Crippen LogP contribution in [-0.4, -0.2) is 28.8 Å². The molecule has 1 aliphatic heterocycles. The summed E-state index contributed by atoms with van der Waals surface area (Å²) in [6.45, 7) is 1.64. The van der Waals surface area contributed by atoms with E-state index in [9.17, 15) is 9.59 Å². The second-order valence-electron chi connectivity index (χ2n) is 4.77. The Morgan fingerprint density at radius 2 is 2.11 bits per heavy atom. The number of carbonyl (C=O) groups excluding carboxylic acids is 1. The number of rotatable bonds is 4. The fourth-order valence-electron chi connectivity index (χ4n) is 1.98. The molecule has 0 aliphatic carbocycles. The van der Waals surface area contributed by atoms with Crippen molar-refractivity contribution in [3.05, 3.63) is 35.9 Å². The van der Waals surface area contributed by atoms with Gasteiger partial charge in [0.15, 0.2) is 11.7 Å². The quantitative estimate of drug-likeness (QED) is 0.839. The Bertz CT molecular complexity index is 470. The van der Waals surface area contributed by atoms with Crippen molar-refractivity contribution >= 4 is 11.9 Å². The van der Waals surface area contributed by atoms with Gasteiger partial charge >= 0.3 is 11.9 Å². The predicted molar refractivity (Wildman–Crippen MR) is 66.4 cm³/mol. The first-order chi connectivity index (χ1) is 9.01. The van der Waals surface area contributed by atoms with E-state index in [-0.39, 0.29) is 6.61 Å². The minimum Gasteiger partial charge on any atom is -0.479 e. The molecule has 2 rings (SSSR count). The first-order valence-electron chi connectivity index (χ1n) is 6.13. The van der Waals surface area contributed by atoms with E-state index in [1.807, 2.05) is 30.3 Å². The Hall–Kier alpha value is -1.88. The van der Waals surface area contributed by atoms with Crippen LogP contribution in [0.5, 0.6) is 0 Å². The lowest BCUT2D eigenvalue weighted by Crippen LogP contribution is -2.36. The summed E-state index contributed by atoms with van der Waals surface area (Å²) < 4.78 is 10.4. The predicted octanol–water partition coefficient (Wildman–Crippen LogP) is 1.75. The van der Waals surface area contributed by atoms with Crippen molar-refractivity contribution < 1.29 is 24.2 Å². The number of carbonyl (C=O) groups is 2. The minimum absolute atomic E-state index is 0.170. The Balaban J connectivity index is 1.87. The van der Waals surface area contributed by atoms with Gasteiger partial charge in [-0.15, -0.1) is 0 Å². The second kappa shape index (κ2) is 5.40. The molecular formula is C14H16O5. The molecule has 1 N–H and O–H groups in total. The lowest BCUT2D eigenvalue weighted by molar-refractivity contribution is -0.172. The molecule has 19 heavy (non-hydrogen) atoms. The van der Waals surface area contributed by atoms with E-state index in [1.165, 1.54) is 6.92 Å². The number of aliphatic carboxylic acids is 1. The number of ether oxygens (including phenoxy) is 2. The standard InChI is InChI=1S/C14H16O5/c1-14(13(16)17)8-7-11(19-14)12(15)18-9-10-5-3-2-4-6-10/h2-6,11H,7-9H2,1H3,(H,16,17). The summed E-state index contributed by atoms with van der Waals surface area (Å²) in [5.74, 6) is -1.56. The highest BCUT2D eigenvalue weighted by molar-refractivity contribution is 5.80. The normalized spacial score (nSPS) is 26.1. The van der Waals surface area contributed by atoms with Gasteiger partial charge in [-0.1, -0.05) is 30.3 Å². The molecule has 0 aromatic heterocycles. The number of hydrogen-bond donors (Lipinski definition) is 1. The summed E-state index contributed by atoms with van der Waals surface area (Å²) >= 11 is 0. The molecular weight excluding hydrogens is 248 g/mol. The van der Waals surface area contributed by atoms with Gasteiger partial charge in [0.2, 0.25) is 0 Å². The molecule has 2 atom stereocenters. The highest BCUT2D eigenvalue weighted by Gasteiger charge is 2.45. The van der Waals surface area contributed by atoms with Gasteiger partial charge in [0.1, 0.15) is 6.61 Å². The Morgan fingerprint density at radius 1 is 1.42 bits per heavy atom. The smallest absolute Gasteiger partial charge is 0.335 e. The molecule has 0 radical (unpaired) electrons. The first-order valence-corrected chi connectivity index (χ1v) is 6.13. The summed E-state index contributed by atoms with van der Waals surface area (Å²) in [7, 11) is 0. The summed E-state index contributed by atoms with van der Waals surface area (Å²) in [6.07, 6.45) is -0.103. The van der Waals surface area contributed by atoms with Crippen molar-refractivity contribution in [1.82, 2.24) is 0 Å². The fourth-order valence-corrected chi connectivity index (χ4v) is 1.98. The van der Waals surface area contributed by atoms with Crippen molar-refractivity contribution in [3.63, 3.8) is 0 Å². The Labute approximate surface area is 111 Å². The van der Waals surface area contributed by atoms with Gasteiger partial charge in [-0.05, 0) is 25.3 Å². The second-order valence-corrected chi connectivity index (χ2v) is 4.77. The van der Waals surface area contributed by atoms with Crippen molar-refractivity contribution in [2.24, 2.45) is 0 Å². The number of carboxylic acids is 1. The molecule has 0 spiro atoms. The molecule has 5 nitrogen and oxygen atoms in total. The van der Waals surface area contributed by atoms with Crippen LogP contribution >= 0.6 is 0 Å². The number of benzene rings is 1. The van der Waals surface area contributed by atoms with Crippen LogP contribution in [-0.2, 0) is 25.7 Å². The van der Waals surface area contributed by atoms with Crippen molar-refractivity contribution in [2.45, 2.75) is 38.1 Å². The molecule has 1 aliphatic rings. The number of hydrogen-bond acceptors (Lipinski definition) is 4. The summed E-state index contributed by atoms with van der Waals surface area (Å²) in [6, 6.07) is 9.30. The van der Waals surface area contributed by atoms with Crippen molar-refractivity contribution in [1.29, 1.82) is 0 Å². The summed E-state index contributed by atoms with van der Waals surface area (Å²) in [5.41, 5.74) is -0.397. The van der Waals surface area contributed by atoms with Gasteiger partial charge < -0.3 is 14.6 Å². The number of carboxylic acid groups (broad SMARTS) is 1. The number of esters is 1. The molecule has 102 valence electrons. The molecule has 0 saturated carbocycles. The minimum atomic E-state index is -1.28. The van der Waals surface area contributed by atoms with Crippen LogP contribution in [0.3, 0.4) is 0 Å². The van der Waals surface area contributed by atoms with Gasteiger partial charge in [0.25, 0.3) is 0 Å². The maximum atomic E-state index is 11.8. The highest BCUT2D eigenvalue weighted by Crippen LogP contribution is 2.31. The van der Waals surface area contributed by atoms with Crippen LogP contribution in [0.15, 0.2) is 30.3 Å². The van der Waals surface area contributed by atoms with E-state index in [2.05, 4.69) is 0 Å². The molecule has 0 amide bonds. The van der Waals surface area contributed by atoms with Crippen LogP contribution in [0.4, 0.5) is 0 Å². The topological polar surface area (TPSA) is 72.8 Å². The van der Waals surface area contributed by atoms with E-state index >= 15 is 0 Å². The lowest BCUT2D eigenvalue weighted by Gasteiger charge is -2.18. The van der Waals surface area contributed by atoms with Gasteiger partial charge in [-0.2, -0.15) is 0 Å². The summed E-state index contributed by atoms with van der Waals surface area (Å²) in [5, 5.41) is 9.00. The lowest BCUT2D eigenvalue weighted by atomic mass is 10.0. The molecule has 1 aromatic carbocycles. The third kappa shape index (κ3) is 3.12. The fraction of sp³-hybridized carbons (Fsp3) is 0.429. The van der Waals surface area contributed by atoms with Crippen LogP contribution in [0.2, 0.25) is 0 Å². The zero-order valence-electron chi connectivity index (χ0n) is 10.7. The first kappa shape index (κ1) is 13.5. The zero-order valence-corrected chi connectivity index (χ0v) is 10.7. The largest absolute Gasteiger partial charge is 0.479 e. The van der Waals surface area contributed by atoms with Crippen molar-refractivity contribution in [3.8, 4) is 0 Å². The van der Waals surface area contributed by atoms with Crippen LogP contribution in [0.1, 0.15) is 25.3 Å². The third-order valence-corrected chi connectivity index (χ3v) is 3.23. The SMILES string of the molecule is CC1(C(=O)O)CCC(C(=O)OCc2ccccc2)O1. The average Bonchev–Trinajstić information content (AvgIpc) is 2.81. The van der Waals surface area contributed by atoms with Crippen LogP contribution in [0.25, 0.3) is 0 Å². The van der Waals surface area contributed by atoms with Gasteiger partial charge in [-0.3, -0.25) is 0 Å². The molecule has 5 heteroatoms. The molecule has 2 unspecified atom stereocenters. The Morgan fingerprint density at radius 3 is 2.68 bits per heavy atom. The molecule has 0 bridgehead atoms. The third-order valence-electron chi connectivity index (χ3n) is 3.23. The van der Waals surface area contributed by atoms with E-state index in [0.717, 1.165) is 5.56 Å². The zero-order chi connectivity index (χ0) is 13.9. The van der Waals surface area contributed by atoms with E-state index in [4.69, 9.17) is 14.6 Å². The van der Waals surface area contributed by atoms with E-state index < -0.39 is 23.6 Å². The van der Waals surface area contributed by atoms with Crippen molar-refractivity contribution in [2.75, 3.05) is 0 Å². The maximum absolute atomic E-state index is 11.8. The van der Waals surface area contributed by atoms with Gasteiger partial charge in [-0.25, -0.2) is 9.59 Å². The summed E-state index contributed by atoms with van der Waals surface area (Å²) in [4.78, 5) is 22.8. The molecule has 1 heterocycles. The Kier molecular flexibility index (Phi) is 3.85. The highest BCUT2D eigenvalue weighted by atomic mass is 16.6. The maximum Gasteiger partial charge on any atom is 0.335 e. The molecule has 1 fully saturated rings. The van der Waals surface area contributed by atoms with Crippen LogP contribution in [0, 0.1) is 0 Å².